The van der Waals surface area contributed by atoms with E-state index in [1.54, 1.807) is 0 Å². The fourth-order valence-corrected chi connectivity index (χ4v) is 2.64. The van der Waals surface area contributed by atoms with Crippen LogP contribution in [0.2, 0.25) is 0 Å². The predicted molar refractivity (Wildman–Crippen MR) is 73.9 cm³/mol. The molecule has 0 saturated heterocycles. The van der Waals surface area contributed by atoms with E-state index < -0.39 is 6.10 Å². The van der Waals surface area contributed by atoms with Crippen LogP contribution in [0.25, 0.3) is 0 Å². The summed E-state index contributed by atoms with van der Waals surface area (Å²) in [5.74, 6) is 0.507. The average molecular weight is 262 g/mol. The Kier molecular flexibility index (Phi) is 4.09. The summed E-state index contributed by atoms with van der Waals surface area (Å²) in [7, 11) is 0. The van der Waals surface area contributed by atoms with Crippen molar-refractivity contribution in [3.63, 3.8) is 0 Å². The summed E-state index contributed by atoms with van der Waals surface area (Å²) in [6.45, 7) is 6.34. The molecule has 0 aliphatic rings. The number of nitrogens with zero attached hydrogens (tertiary/aromatic N) is 2. The fourth-order valence-electron chi connectivity index (χ4n) is 1.88. The molecule has 4 heteroatoms. The summed E-state index contributed by atoms with van der Waals surface area (Å²) in [6, 6.07) is 8.12. The highest BCUT2D eigenvalue weighted by Gasteiger charge is 2.17. The van der Waals surface area contributed by atoms with Gasteiger partial charge in [0.15, 0.2) is 0 Å². The molecule has 0 aliphatic heterocycles. The Morgan fingerprint density at radius 3 is 2.33 bits per heavy atom. The molecule has 0 bridgehead atoms. The first-order chi connectivity index (χ1) is 8.63. The third-order valence-electron chi connectivity index (χ3n) is 3.09. The van der Waals surface area contributed by atoms with E-state index in [0.29, 0.717) is 5.92 Å². The van der Waals surface area contributed by atoms with Crippen LogP contribution >= 0.6 is 11.5 Å². The van der Waals surface area contributed by atoms with Crippen LogP contribution in [0.5, 0.6) is 0 Å². The number of aromatic nitrogens is 2. The van der Waals surface area contributed by atoms with Crippen LogP contribution in [-0.2, 0) is 6.42 Å². The summed E-state index contributed by atoms with van der Waals surface area (Å²) < 4.78 is 3.92. The first-order valence-corrected chi connectivity index (χ1v) is 6.99. The molecule has 1 aromatic carbocycles. The molecule has 1 unspecified atom stereocenters. The Labute approximate surface area is 112 Å². The van der Waals surface area contributed by atoms with Crippen molar-refractivity contribution in [3.8, 4) is 0 Å². The van der Waals surface area contributed by atoms with E-state index in [1.807, 2.05) is 19.1 Å². The van der Waals surface area contributed by atoms with Crippen molar-refractivity contribution >= 4 is 11.5 Å². The molecule has 0 radical (unpaired) electrons. The van der Waals surface area contributed by atoms with Crippen molar-refractivity contribution in [2.24, 2.45) is 0 Å². The largest absolute Gasteiger partial charge is 0.383 e. The summed E-state index contributed by atoms with van der Waals surface area (Å²) >= 11 is 1.28. The number of rotatable bonds is 4. The molecule has 0 fully saturated rings. The SMILES string of the molecule is CCc1nnsc1C(O)c1ccc(C(C)C)cc1. The molecular formula is C14H18N2OS. The topological polar surface area (TPSA) is 46.0 Å². The van der Waals surface area contributed by atoms with Gasteiger partial charge < -0.3 is 5.11 Å². The second-order valence-corrected chi connectivity index (χ2v) is 5.45. The first-order valence-electron chi connectivity index (χ1n) is 6.22. The quantitative estimate of drug-likeness (QED) is 0.919. The second-order valence-electron chi connectivity index (χ2n) is 4.66. The van der Waals surface area contributed by atoms with Crippen LogP contribution in [0.15, 0.2) is 24.3 Å². The lowest BCUT2D eigenvalue weighted by Crippen LogP contribution is -2.01. The maximum Gasteiger partial charge on any atom is 0.117 e. The number of aliphatic hydroxyl groups excluding tert-OH is 1. The molecule has 1 N–H and O–H groups in total. The third kappa shape index (κ3) is 2.60. The van der Waals surface area contributed by atoms with Gasteiger partial charge in [0.2, 0.25) is 0 Å². The van der Waals surface area contributed by atoms with Gasteiger partial charge in [-0.2, -0.15) is 0 Å². The zero-order valence-corrected chi connectivity index (χ0v) is 11.7. The first kappa shape index (κ1) is 13.2. The van der Waals surface area contributed by atoms with E-state index in [4.69, 9.17) is 0 Å². The summed E-state index contributed by atoms with van der Waals surface area (Å²) in [4.78, 5) is 0.856. The van der Waals surface area contributed by atoms with E-state index in [2.05, 4.69) is 35.6 Å². The number of aryl methyl sites for hydroxylation is 1. The van der Waals surface area contributed by atoms with Gasteiger partial charge in [-0.25, -0.2) is 0 Å². The van der Waals surface area contributed by atoms with E-state index in [1.165, 1.54) is 17.1 Å². The van der Waals surface area contributed by atoms with Crippen LogP contribution in [0.1, 0.15) is 54.5 Å². The zero-order chi connectivity index (χ0) is 13.1. The molecule has 2 rings (SSSR count). The molecule has 96 valence electrons. The number of hydrogen-bond donors (Lipinski definition) is 1. The summed E-state index contributed by atoms with van der Waals surface area (Å²) in [5, 5.41) is 14.4. The van der Waals surface area contributed by atoms with Gasteiger partial charge in [0.05, 0.1) is 10.6 Å². The van der Waals surface area contributed by atoms with Crippen molar-refractivity contribution in [2.45, 2.75) is 39.2 Å². The smallest absolute Gasteiger partial charge is 0.117 e. The Bertz CT molecular complexity index is 505. The van der Waals surface area contributed by atoms with Crippen molar-refractivity contribution in [2.75, 3.05) is 0 Å². The fraction of sp³-hybridized carbons (Fsp3) is 0.429. The van der Waals surface area contributed by atoms with Crippen LogP contribution in [0.4, 0.5) is 0 Å². The Balaban J connectivity index is 2.26. The van der Waals surface area contributed by atoms with Crippen molar-refractivity contribution in [3.05, 3.63) is 46.0 Å². The number of hydrogen-bond acceptors (Lipinski definition) is 4. The van der Waals surface area contributed by atoms with Crippen molar-refractivity contribution in [1.29, 1.82) is 0 Å². The molecule has 0 saturated carbocycles. The molecule has 2 aromatic rings. The van der Waals surface area contributed by atoms with Gasteiger partial charge in [-0.05, 0) is 35.0 Å². The molecule has 1 aromatic heterocycles. The molecule has 18 heavy (non-hydrogen) atoms. The Morgan fingerprint density at radius 2 is 1.78 bits per heavy atom. The molecule has 1 heterocycles. The Hall–Kier alpha value is -1.26. The van der Waals surface area contributed by atoms with Gasteiger partial charge in [-0.15, -0.1) is 5.10 Å². The normalized spacial score (nSPS) is 12.9. The monoisotopic (exact) mass is 262 g/mol. The lowest BCUT2D eigenvalue weighted by Gasteiger charge is -2.11. The minimum atomic E-state index is -0.610. The highest BCUT2D eigenvalue weighted by atomic mass is 32.1. The second kappa shape index (κ2) is 5.59. The zero-order valence-electron chi connectivity index (χ0n) is 10.9. The minimum Gasteiger partial charge on any atom is -0.383 e. The van der Waals surface area contributed by atoms with Gasteiger partial charge in [-0.1, -0.05) is 49.5 Å². The van der Waals surface area contributed by atoms with Gasteiger partial charge >= 0.3 is 0 Å². The van der Waals surface area contributed by atoms with E-state index in [9.17, 15) is 5.11 Å². The standard InChI is InChI=1S/C14H18N2OS/c1-4-12-14(18-16-15-12)13(17)11-7-5-10(6-8-11)9(2)3/h5-9,13,17H,4H2,1-3H3. The lowest BCUT2D eigenvalue weighted by molar-refractivity contribution is 0.223. The van der Waals surface area contributed by atoms with Crippen molar-refractivity contribution < 1.29 is 5.11 Å². The molecule has 0 amide bonds. The van der Waals surface area contributed by atoms with Crippen LogP contribution in [0, 0.1) is 0 Å². The highest BCUT2D eigenvalue weighted by molar-refractivity contribution is 7.05. The molecule has 3 nitrogen and oxygen atoms in total. The van der Waals surface area contributed by atoms with Crippen LogP contribution < -0.4 is 0 Å². The highest BCUT2D eigenvalue weighted by Crippen LogP contribution is 2.28. The maximum absolute atomic E-state index is 10.4. The van der Waals surface area contributed by atoms with Gasteiger partial charge in [-0.3, -0.25) is 0 Å². The maximum atomic E-state index is 10.4. The molecule has 1 atom stereocenters. The predicted octanol–water partition coefficient (Wildman–Crippen LogP) is 3.31. The molecular weight excluding hydrogens is 244 g/mol. The van der Waals surface area contributed by atoms with Gasteiger partial charge in [0.1, 0.15) is 6.10 Å². The molecule has 0 spiro atoms. The van der Waals surface area contributed by atoms with E-state index >= 15 is 0 Å². The minimum absolute atomic E-state index is 0.507. The Morgan fingerprint density at radius 1 is 1.17 bits per heavy atom. The lowest BCUT2D eigenvalue weighted by atomic mass is 9.99. The number of benzene rings is 1. The van der Waals surface area contributed by atoms with E-state index in [-0.39, 0.29) is 0 Å². The van der Waals surface area contributed by atoms with E-state index in [0.717, 1.165) is 22.6 Å². The van der Waals surface area contributed by atoms with Crippen LogP contribution in [0.3, 0.4) is 0 Å². The van der Waals surface area contributed by atoms with Gasteiger partial charge in [0.25, 0.3) is 0 Å². The summed E-state index contributed by atoms with van der Waals surface area (Å²) in [6.07, 6.45) is 0.189. The van der Waals surface area contributed by atoms with Crippen molar-refractivity contribution in [1.82, 2.24) is 9.59 Å². The summed E-state index contributed by atoms with van der Waals surface area (Å²) in [5.41, 5.74) is 3.07. The third-order valence-corrected chi connectivity index (χ3v) is 3.91. The van der Waals surface area contributed by atoms with Crippen LogP contribution in [-0.4, -0.2) is 14.7 Å². The number of aliphatic hydroxyl groups is 1. The molecule has 0 aliphatic carbocycles. The van der Waals surface area contributed by atoms with Gasteiger partial charge in [0, 0.05) is 0 Å². The average Bonchev–Trinajstić information content (AvgIpc) is 2.86.